The Hall–Kier alpha value is -1.39. The van der Waals surface area contributed by atoms with Crippen LogP contribution in [0.1, 0.15) is 12.0 Å². The van der Waals surface area contributed by atoms with Gasteiger partial charge in [0.25, 0.3) is 0 Å². The average molecular weight is 345 g/mol. The molecule has 0 unspecified atom stereocenters. The van der Waals surface area contributed by atoms with Gasteiger partial charge in [0.15, 0.2) is 0 Å². The Kier molecular flexibility index (Phi) is 3.00. The lowest BCUT2D eigenvalue weighted by molar-refractivity contribution is 0.830. The van der Waals surface area contributed by atoms with Crippen LogP contribution in [0.4, 0.5) is 5.69 Å². The van der Waals surface area contributed by atoms with Crippen LogP contribution in [0.2, 0.25) is 0 Å². The van der Waals surface area contributed by atoms with Crippen molar-refractivity contribution in [2.75, 3.05) is 11.9 Å². The van der Waals surface area contributed by atoms with Crippen LogP contribution in [-0.4, -0.2) is 11.5 Å². The van der Waals surface area contributed by atoms with Crippen molar-refractivity contribution in [2.24, 2.45) is 0 Å². The van der Waals surface area contributed by atoms with E-state index in [1.807, 2.05) is 0 Å². The first-order valence-electron chi connectivity index (χ1n) is 6.73. The third kappa shape index (κ3) is 2.13. The second-order valence-electron chi connectivity index (χ2n) is 5.03. The normalized spacial score (nSPS) is 14.1. The molecule has 0 radical (unpaired) electrons. The standard InChI is InChI=1S/C16H13BrN2S/c17-12-4-6-15-14(9-12)19-16(20-15)11-3-5-13-10(8-11)2-1-7-18-13/h3-6,8-9,18H,1-2,7H2. The summed E-state index contributed by atoms with van der Waals surface area (Å²) in [7, 11) is 0. The molecule has 0 amide bonds. The number of hydrogen-bond acceptors (Lipinski definition) is 3. The number of aromatic nitrogens is 1. The van der Waals surface area contributed by atoms with E-state index in [2.05, 4.69) is 57.6 Å². The number of aryl methyl sites for hydroxylation is 1. The number of hydrogen-bond donors (Lipinski definition) is 1. The molecule has 0 saturated heterocycles. The summed E-state index contributed by atoms with van der Waals surface area (Å²) in [6, 6.07) is 12.9. The van der Waals surface area contributed by atoms with Gasteiger partial charge in [-0.1, -0.05) is 15.9 Å². The first-order chi connectivity index (χ1) is 9.79. The smallest absolute Gasteiger partial charge is 0.124 e. The minimum atomic E-state index is 1.07. The second kappa shape index (κ2) is 4.86. The van der Waals surface area contributed by atoms with E-state index < -0.39 is 0 Å². The van der Waals surface area contributed by atoms with Crippen molar-refractivity contribution in [2.45, 2.75) is 12.8 Å². The van der Waals surface area contributed by atoms with E-state index in [-0.39, 0.29) is 0 Å². The molecule has 4 heteroatoms. The molecule has 1 aromatic heterocycles. The van der Waals surface area contributed by atoms with Crippen LogP contribution in [0, 0.1) is 0 Å². The van der Waals surface area contributed by atoms with E-state index in [4.69, 9.17) is 4.98 Å². The molecule has 2 nitrogen and oxygen atoms in total. The Balaban J connectivity index is 1.82. The van der Waals surface area contributed by atoms with E-state index in [1.54, 1.807) is 11.3 Å². The lowest BCUT2D eigenvalue weighted by atomic mass is 10.0. The summed E-state index contributed by atoms with van der Waals surface area (Å²) in [6.45, 7) is 1.08. The molecule has 2 aromatic carbocycles. The topological polar surface area (TPSA) is 24.9 Å². The second-order valence-corrected chi connectivity index (χ2v) is 6.98. The average Bonchev–Trinajstić information content (AvgIpc) is 2.89. The fourth-order valence-electron chi connectivity index (χ4n) is 2.63. The monoisotopic (exact) mass is 344 g/mol. The lowest BCUT2D eigenvalue weighted by Gasteiger charge is -2.18. The molecule has 0 aliphatic carbocycles. The van der Waals surface area contributed by atoms with Gasteiger partial charge in [-0.2, -0.15) is 0 Å². The molecule has 4 rings (SSSR count). The molecule has 3 aromatic rings. The Morgan fingerprint density at radius 1 is 1.15 bits per heavy atom. The zero-order valence-electron chi connectivity index (χ0n) is 10.8. The van der Waals surface area contributed by atoms with Gasteiger partial charge in [0.1, 0.15) is 5.01 Å². The summed E-state index contributed by atoms with van der Waals surface area (Å²) in [4.78, 5) is 4.76. The van der Waals surface area contributed by atoms with Gasteiger partial charge in [-0.25, -0.2) is 4.98 Å². The fourth-order valence-corrected chi connectivity index (χ4v) is 3.92. The van der Waals surface area contributed by atoms with Gasteiger partial charge in [-0.05, 0) is 54.8 Å². The molecule has 20 heavy (non-hydrogen) atoms. The SMILES string of the molecule is Brc1ccc2sc(-c3ccc4c(c3)CCCN4)nc2c1. The highest BCUT2D eigenvalue weighted by Crippen LogP contribution is 2.34. The Morgan fingerprint density at radius 2 is 2.10 bits per heavy atom. The van der Waals surface area contributed by atoms with Crippen LogP contribution >= 0.6 is 27.3 Å². The number of nitrogens with one attached hydrogen (secondary N) is 1. The van der Waals surface area contributed by atoms with Crippen LogP contribution in [0.5, 0.6) is 0 Å². The van der Waals surface area contributed by atoms with Crippen LogP contribution in [0.25, 0.3) is 20.8 Å². The third-order valence-corrected chi connectivity index (χ3v) is 5.22. The van der Waals surface area contributed by atoms with Gasteiger partial charge in [0.05, 0.1) is 10.2 Å². The van der Waals surface area contributed by atoms with E-state index in [9.17, 15) is 0 Å². The third-order valence-electron chi connectivity index (χ3n) is 3.64. The molecule has 0 fully saturated rings. The van der Waals surface area contributed by atoms with Crippen LogP contribution in [0.3, 0.4) is 0 Å². The minimum Gasteiger partial charge on any atom is -0.385 e. The lowest BCUT2D eigenvalue weighted by Crippen LogP contribution is -2.11. The number of benzene rings is 2. The minimum absolute atomic E-state index is 1.07. The molecule has 0 atom stereocenters. The number of halogens is 1. The number of rotatable bonds is 1. The molecular weight excluding hydrogens is 332 g/mol. The summed E-state index contributed by atoms with van der Waals surface area (Å²) in [6.07, 6.45) is 2.37. The molecule has 0 spiro atoms. The number of nitrogens with zero attached hydrogens (tertiary/aromatic N) is 1. The van der Waals surface area contributed by atoms with Crippen molar-refractivity contribution in [1.82, 2.24) is 4.98 Å². The molecule has 2 heterocycles. The van der Waals surface area contributed by atoms with Crippen molar-refractivity contribution in [3.05, 3.63) is 46.4 Å². The van der Waals surface area contributed by atoms with Gasteiger partial charge in [0, 0.05) is 22.3 Å². The molecule has 100 valence electrons. The molecule has 0 saturated carbocycles. The van der Waals surface area contributed by atoms with Gasteiger partial charge >= 0.3 is 0 Å². The summed E-state index contributed by atoms with van der Waals surface area (Å²) in [5.74, 6) is 0. The van der Waals surface area contributed by atoms with Gasteiger partial charge in [0.2, 0.25) is 0 Å². The molecule has 1 aliphatic rings. The van der Waals surface area contributed by atoms with Gasteiger partial charge < -0.3 is 5.32 Å². The number of fused-ring (bicyclic) bond motifs is 2. The number of thiazole rings is 1. The summed E-state index contributed by atoms with van der Waals surface area (Å²) in [5, 5.41) is 4.56. The Morgan fingerprint density at radius 3 is 3.05 bits per heavy atom. The van der Waals surface area contributed by atoms with E-state index in [0.29, 0.717) is 0 Å². The zero-order valence-corrected chi connectivity index (χ0v) is 13.2. The fraction of sp³-hybridized carbons (Fsp3) is 0.188. The van der Waals surface area contributed by atoms with Crippen LogP contribution in [0.15, 0.2) is 40.9 Å². The highest BCUT2D eigenvalue weighted by atomic mass is 79.9. The van der Waals surface area contributed by atoms with Crippen molar-refractivity contribution in [3.63, 3.8) is 0 Å². The maximum atomic E-state index is 4.76. The highest BCUT2D eigenvalue weighted by Gasteiger charge is 2.12. The van der Waals surface area contributed by atoms with Crippen LogP contribution in [-0.2, 0) is 6.42 Å². The summed E-state index contributed by atoms with van der Waals surface area (Å²) < 4.78 is 2.32. The number of anilines is 1. The van der Waals surface area contributed by atoms with E-state index >= 15 is 0 Å². The Bertz CT molecular complexity index is 794. The van der Waals surface area contributed by atoms with Crippen molar-refractivity contribution >= 4 is 43.2 Å². The van der Waals surface area contributed by atoms with Crippen molar-refractivity contribution < 1.29 is 0 Å². The first kappa shape index (κ1) is 12.4. The summed E-state index contributed by atoms with van der Waals surface area (Å²) in [5.41, 5.74) is 4.98. The largest absolute Gasteiger partial charge is 0.385 e. The van der Waals surface area contributed by atoms with Gasteiger partial charge in [-0.3, -0.25) is 0 Å². The van der Waals surface area contributed by atoms with Crippen molar-refractivity contribution in [1.29, 1.82) is 0 Å². The maximum Gasteiger partial charge on any atom is 0.124 e. The predicted octanol–water partition coefficient (Wildman–Crippen LogP) is 5.08. The quantitative estimate of drug-likeness (QED) is 0.665. The predicted molar refractivity (Wildman–Crippen MR) is 89.6 cm³/mol. The Labute approximate surface area is 130 Å². The maximum absolute atomic E-state index is 4.76. The summed E-state index contributed by atoms with van der Waals surface area (Å²) >= 11 is 5.26. The molecule has 1 aliphatic heterocycles. The zero-order chi connectivity index (χ0) is 13.5. The molecule has 1 N–H and O–H groups in total. The van der Waals surface area contributed by atoms with E-state index in [0.717, 1.165) is 28.0 Å². The van der Waals surface area contributed by atoms with E-state index in [1.165, 1.54) is 27.9 Å². The van der Waals surface area contributed by atoms with Gasteiger partial charge in [-0.15, -0.1) is 11.3 Å². The first-order valence-corrected chi connectivity index (χ1v) is 8.34. The molecular formula is C16H13BrN2S. The van der Waals surface area contributed by atoms with Crippen molar-refractivity contribution in [3.8, 4) is 10.6 Å². The molecule has 0 bridgehead atoms. The highest BCUT2D eigenvalue weighted by molar-refractivity contribution is 9.10. The van der Waals surface area contributed by atoms with Crippen LogP contribution < -0.4 is 5.32 Å².